The normalized spacial score (nSPS) is 18.6. The van der Waals surface area contributed by atoms with E-state index in [1.807, 2.05) is 0 Å². The number of hydrogen-bond acceptors (Lipinski definition) is 4. The summed E-state index contributed by atoms with van der Waals surface area (Å²) in [7, 11) is 0. The average Bonchev–Trinajstić information content (AvgIpc) is 2.60. The van der Waals surface area contributed by atoms with Crippen LogP contribution in [0.4, 0.5) is 4.79 Å². The number of aliphatic hydroxyl groups excluding tert-OH is 1. The van der Waals surface area contributed by atoms with Crippen LogP contribution in [0.5, 0.6) is 5.75 Å². The van der Waals surface area contributed by atoms with Crippen molar-refractivity contribution >= 4 is 23.5 Å². The van der Waals surface area contributed by atoms with Crippen LogP contribution >= 0.6 is 11.6 Å². The number of benzene rings is 1. The van der Waals surface area contributed by atoms with Gasteiger partial charge in [0.15, 0.2) is 0 Å². The molecule has 6 nitrogen and oxygen atoms in total. The predicted molar refractivity (Wildman–Crippen MR) is 77.3 cm³/mol. The number of β-amino-alcohol motifs (C(OH)–C–C–N with tert-alkyl or cyclic N) is 1. The Morgan fingerprint density at radius 3 is 2.62 bits per heavy atom. The van der Waals surface area contributed by atoms with Crippen LogP contribution in [0.25, 0.3) is 0 Å². The van der Waals surface area contributed by atoms with Gasteiger partial charge in [-0.15, -0.1) is 0 Å². The van der Waals surface area contributed by atoms with Gasteiger partial charge >= 0.3 is 6.03 Å². The fourth-order valence-corrected chi connectivity index (χ4v) is 2.19. The molecule has 2 N–H and O–H groups in total. The van der Waals surface area contributed by atoms with Crippen molar-refractivity contribution in [2.45, 2.75) is 25.5 Å². The van der Waals surface area contributed by atoms with Gasteiger partial charge in [0.1, 0.15) is 24.0 Å². The van der Waals surface area contributed by atoms with Crippen LogP contribution in [0.3, 0.4) is 0 Å². The Kier molecular flexibility index (Phi) is 4.39. The number of amides is 3. The molecule has 0 radical (unpaired) electrons. The number of ether oxygens (including phenoxy) is 1. The number of hydrogen-bond donors (Lipinski definition) is 2. The monoisotopic (exact) mass is 312 g/mol. The van der Waals surface area contributed by atoms with Crippen molar-refractivity contribution in [3.63, 3.8) is 0 Å². The molecule has 1 saturated heterocycles. The molecule has 1 heterocycles. The predicted octanol–water partition coefficient (Wildman–Crippen LogP) is 1.41. The third kappa shape index (κ3) is 3.46. The molecule has 7 heteroatoms. The van der Waals surface area contributed by atoms with Gasteiger partial charge in [0.25, 0.3) is 5.91 Å². The second kappa shape index (κ2) is 5.91. The highest BCUT2D eigenvalue weighted by molar-refractivity contribution is 6.32. The molecule has 1 aliphatic rings. The lowest BCUT2D eigenvalue weighted by Gasteiger charge is -2.19. The summed E-state index contributed by atoms with van der Waals surface area (Å²) in [6, 6.07) is 6.35. The maximum Gasteiger partial charge on any atom is 0.325 e. The van der Waals surface area contributed by atoms with Crippen molar-refractivity contribution in [1.29, 1.82) is 0 Å². The first-order chi connectivity index (χ1) is 9.81. The number of urea groups is 1. The molecule has 0 spiro atoms. The van der Waals surface area contributed by atoms with E-state index in [-0.39, 0.29) is 19.1 Å². The van der Waals surface area contributed by atoms with E-state index in [1.165, 1.54) is 0 Å². The van der Waals surface area contributed by atoms with Gasteiger partial charge in [0.2, 0.25) is 0 Å². The molecule has 1 aromatic carbocycles. The lowest BCUT2D eigenvalue weighted by atomic mass is 10.1. The van der Waals surface area contributed by atoms with E-state index in [2.05, 4.69) is 5.32 Å². The van der Waals surface area contributed by atoms with Crippen molar-refractivity contribution in [1.82, 2.24) is 10.2 Å². The number of para-hydroxylation sites is 1. The summed E-state index contributed by atoms with van der Waals surface area (Å²) in [6.07, 6.45) is -0.995. The first-order valence-corrected chi connectivity index (χ1v) is 6.88. The molecule has 0 aliphatic carbocycles. The number of aliphatic hydroxyl groups is 1. The first kappa shape index (κ1) is 15.6. The summed E-state index contributed by atoms with van der Waals surface area (Å²) >= 11 is 5.93. The molecule has 1 fully saturated rings. The van der Waals surface area contributed by atoms with E-state index in [4.69, 9.17) is 16.3 Å². The van der Waals surface area contributed by atoms with E-state index in [1.54, 1.807) is 38.1 Å². The largest absolute Gasteiger partial charge is 0.489 e. The zero-order valence-corrected chi connectivity index (χ0v) is 12.6. The number of imide groups is 1. The molecular weight excluding hydrogens is 296 g/mol. The van der Waals surface area contributed by atoms with Crippen LogP contribution in [0.2, 0.25) is 5.02 Å². The lowest BCUT2D eigenvalue weighted by molar-refractivity contribution is -0.131. The van der Waals surface area contributed by atoms with Gasteiger partial charge in [-0.1, -0.05) is 23.7 Å². The van der Waals surface area contributed by atoms with Crippen molar-refractivity contribution in [2.24, 2.45) is 0 Å². The van der Waals surface area contributed by atoms with Crippen molar-refractivity contribution in [3.05, 3.63) is 29.3 Å². The molecular formula is C14H17ClN2O4. The van der Waals surface area contributed by atoms with Crippen LogP contribution in [0.15, 0.2) is 24.3 Å². The molecule has 2 rings (SSSR count). The van der Waals surface area contributed by atoms with Crippen LogP contribution in [0.1, 0.15) is 13.8 Å². The number of rotatable bonds is 5. The minimum Gasteiger partial charge on any atom is -0.489 e. The first-order valence-electron chi connectivity index (χ1n) is 6.51. The van der Waals surface area contributed by atoms with E-state index in [9.17, 15) is 14.7 Å². The number of halogens is 1. The summed E-state index contributed by atoms with van der Waals surface area (Å²) in [6.45, 7) is 3.03. The van der Waals surface area contributed by atoms with Gasteiger partial charge in [-0.25, -0.2) is 4.79 Å². The van der Waals surface area contributed by atoms with Gasteiger partial charge in [-0.05, 0) is 26.0 Å². The summed E-state index contributed by atoms with van der Waals surface area (Å²) in [4.78, 5) is 24.6. The average molecular weight is 313 g/mol. The Balaban J connectivity index is 1.91. The van der Waals surface area contributed by atoms with Crippen molar-refractivity contribution in [3.8, 4) is 5.75 Å². The SMILES string of the molecule is CC1(C)NC(=O)N(C[C@@H](O)COc2ccccc2Cl)C1=O. The van der Waals surface area contributed by atoms with Crippen LogP contribution in [-0.2, 0) is 4.79 Å². The number of carbonyl (C=O) groups excluding carboxylic acids is 2. The zero-order chi connectivity index (χ0) is 15.6. The maximum atomic E-state index is 12.0. The highest BCUT2D eigenvalue weighted by atomic mass is 35.5. The van der Waals surface area contributed by atoms with E-state index >= 15 is 0 Å². The van der Waals surface area contributed by atoms with Crippen LogP contribution in [0, 0.1) is 0 Å². The molecule has 3 amide bonds. The summed E-state index contributed by atoms with van der Waals surface area (Å²) in [5.41, 5.74) is -0.944. The van der Waals surface area contributed by atoms with Crippen LogP contribution in [-0.4, -0.2) is 46.7 Å². The second-order valence-electron chi connectivity index (χ2n) is 5.37. The molecule has 114 valence electrons. The molecule has 0 unspecified atom stereocenters. The van der Waals surface area contributed by atoms with E-state index < -0.39 is 17.7 Å². The number of nitrogens with zero attached hydrogens (tertiary/aromatic N) is 1. The fourth-order valence-electron chi connectivity index (χ4n) is 1.99. The maximum absolute atomic E-state index is 12.0. The van der Waals surface area contributed by atoms with Crippen molar-refractivity contribution < 1.29 is 19.4 Å². The molecule has 0 bridgehead atoms. The van der Waals surface area contributed by atoms with Gasteiger partial charge in [-0.3, -0.25) is 9.69 Å². The molecule has 1 aliphatic heterocycles. The highest BCUT2D eigenvalue weighted by Crippen LogP contribution is 2.23. The third-order valence-corrected chi connectivity index (χ3v) is 3.42. The summed E-state index contributed by atoms with van der Waals surface area (Å²) in [5, 5.41) is 12.9. The minimum absolute atomic E-state index is 0.0682. The summed E-state index contributed by atoms with van der Waals surface area (Å²) in [5.74, 6) is 0.0695. The van der Waals surface area contributed by atoms with Gasteiger partial charge < -0.3 is 15.2 Å². The highest BCUT2D eigenvalue weighted by Gasteiger charge is 2.44. The Labute approximate surface area is 127 Å². The summed E-state index contributed by atoms with van der Waals surface area (Å²) < 4.78 is 5.38. The third-order valence-electron chi connectivity index (χ3n) is 3.11. The Morgan fingerprint density at radius 2 is 2.05 bits per heavy atom. The Bertz CT molecular complexity index is 562. The smallest absolute Gasteiger partial charge is 0.325 e. The molecule has 1 aromatic rings. The van der Waals surface area contributed by atoms with Gasteiger partial charge in [-0.2, -0.15) is 0 Å². The molecule has 0 saturated carbocycles. The fraction of sp³-hybridized carbons (Fsp3) is 0.429. The quantitative estimate of drug-likeness (QED) is 0.806. The zero-order valence-electron chi connectivity index (χ0n) is 11.8. The van der Waals surface area contributed by atoms with E-state index in [0.29, 0.717) is 10.8 Å². The lowest BCUT2D eigenvalue weighted by Crippen LogP contribution is -2.42. The van der Waals surface area contributed by atoms with Crippen LogP contribution < -0.4 is 10.1 Å². The Hall–Kier alpha value is -1.79. The minimum atomic E-state index is -0.995. The molecule has 1 atom stereocenters. The second-order valence-corrected chi connectivity index (χ2v) is 5.77. The number of carbonyl (C=O) groups is 2. The molecule has 0 aromatic heterocycles. The van der Waals surface area contributed by atoms with Gasteiger partial charge in [0.05, 0.1) is 11.6 Å². The molecule has 21 heavy (non-hydrogen) atoms. The van der Waals surface area contributed by atoms with Crippen molar-refractivity contribution in [2.75, 3.05) is 13.2 Å². The standard InChI is InChI=1S/C14H17ClN2O4/c1-14(2)12(19)17(13(20)16-14)7-9(18)8-21-11-6-4-3-5-10(11)15/h3-6,9,18H,7-8H2,1-2H3,(H,16,20)/t9-/m1/s1. The van der Waals surface area contributed by atoms with E-state index in [0.717, 1.165) is 4.90 Å². The number of nitrogens with one attached hydrogen (secondary N) is 1. The van der Waals surface area contributed by atoms with Gasteiger partial charge in [0, 0.05) is 0 Å². The topological polar surface area (TPSA) is 78.9 Å². The Morgan fingerprint density at radius 1 is 1.38 bits per heavy atom.